The Morgan fingerprint density at radius 1 is 1.03 bits per heavy atom. The van der Waals surface area contributed by atoms with Gasteiger partial charge in [0.15, 0.2) is 0 Å². The third kappa shape index (κ3) is 6.13. The molecule has 3 aromatic rings. The molecule has 1 unspecified atom stereocenters. The number of rotatable bonds is 8. The van der Waals surface area contributed by atoms with Crippen LogP contribution >= 0.6 is 38.9 Å². The molecule has 152 valence electrons. The van der Waals surface area contributed by atoms with Crippen molar-refractivity contribution in [3.63, 3.8) is 0 Å². The number of amides is 1. The van der Waals surface area contributed by atoms with E-state index >= 15 is 0 Å². The SMILES string of the molecule is O=C(NCc1ccccc1Cl)C(Cc1ccccc1)NS(=O)(=O)c1ccc(Br)s1. The van der Waals surface area contributed by atoms with Crippen LogP contribution in [0.2, 0.25) is 5.02 Å². The van der Waals surface area contributed by atoms with E-state index in [-0.39, 0.29) is 17.2 Å². The fraction of sp³-hybridized carbons (Fsp3) is 0.150. The molecule has 0 bridgehead atoms. The molecule has 3 rings (SSSR count). The fourth-order valence-corrected chi connectivity index (χ4v) is 6.10. The Morgan fingerprint density at radius 3 is 2.38 bits per heavy atom. The summed E-state index contributed by atoms with van der Waals surface area (Å²) >= 11 is 10.5. The summed E-state index contributed by atoms with van der Waals surface area (Å²) < 4.78 is 28.9. The van der Waals surface area contributed by atoms with Gasteiger partial charge in [0.2, 0.25) is 5.91 Å². The van der Waals surface area contributed by atoms with Crippen molar-refractivity contribution < 1.29 is 13.2 Å². The molecule has 0 radical (unpaired) electrons. The van der Waals surface area contributed by atoms with Gasteiger partial charge in [-0.3, -0.25) is 4.79 Å². The van der Waals surface area contributed by atoms with Crippen LogP contribution in [0.3, 0.4) is 0 Å². The molecule has 0 aliphatic carbocycles. The van der Waals surface area contributed by atoms with Crippen molar-refractivity contribution in [1.29, 1.82) is 0 Å². The van der Waals surface area contributed by atoms with Crippen LogP contribution in [0.25, 0.3) is 0 Å². The van der Waals surface area contributed by atoms with Crippen molar-refractivity contribution in [2.75, 3.05) is 0 Å². The maximum absolute atomic E-state index is 12.9. The van der Waals surface area contributed by atoms with Gasteiger partial charge < -0.3 is 5.32 Å². The Morgan fingerprint density at radius 2 is 1.72 bits per heavy atom. The number of sulfonamides is 1. The van der Waals surface area contributed by atoms with Gasteiger partial charge in [0.05, 0.1) is 3.79 Å². The largest absolute Gasteiger partial charge is 0.351 e. The van der Waals surface area contributed by atoms with Gasteiger partial charge in [-0.1, -0.05) is 60.1 Å². The van der Waals surface area contributed by atoms with Crippen LogP contribution in [0.15, 0.2) is 74.7 Å². The monoisotopic (exact) mass is 512 g/mol. The lowest BCUT2D eigenvalue weighted by molar-refractivity contribution is -0.122. The van der Waals surface area contributed by atoms with Crippen LogP contribution in [-0.2, 0) is 27.8 Å². The molecule has 1 amide bonds. The number of benzene rings is 2. The molecule has 5 nitrogen and oxygen atoms in total. The molecular weight excluding hydrogens is 496 g/mol. The van der Waals surface area contributed by atoms with Gasteiger partial charge in [-0.15, -0.1) is 11.3 Å². The first-order valence-corrected chi connectivity index (χ1v) is 12.1. The average molecular weight is 514 g/mol. The van der Waals surface area contributed by atoms with Gasteiger partial charge in [0.25, 0.3) is 10.0 Å². The van der Waals surface area contributed by atoms with E-state index in [4.69, 9.17) is 11.6 Å². The second-order valence-corrected chi connectivity index (χ2v) is 11.0. The number of carbonyl (C=O) groups excluding carboxylic acids is 1. The first kappa shape index (κ1) is 22.0. The predicted octanol–water partition coefficient (Wildman–Crippen LogP) is 4.37. The minimum absolute atomic E-state index is 0.140. The highest BCUT2D eigenvalue weighted by Gasteiger charge is 2.27. The van der Waals surface area contributed by atoms with Crippen molar-refractivity contribution in [2.45, 2.75) is 23.2 Å². The first-order chi connectivity index (χ1) is 13.8. The van der Waals surface area contributed by atoms with E-state index in [1.807, 2.05) is 42.5 Å². The smallest absolute Gasteiger partial charge is 0.250 e. The summed E-state index contributed by atoms with van der Waals surface area (Å²) in [5.41, 5.74) is 1.60. The zero-order valence-corrected chi connectivity index (χ0v) is 19.1. The lowest BCUT2D eigenvalue weighted by atomic mass is 10.1. The van der Waals surface area contributed by atoms with Gasteiger partial charge in [0.1, 0.15) is 10.3 Å². The van der Waals surface area contributed by atoms with Crippen molar-refractivity contribution >= 4 is 54.8 Å². The molecule has 0 saturated heterocycles. The maximum atomic E-state index is 12.9. The van der Waals surface area contributed by atoms with Crippen molar-refractivity contribution in [3.8, 4) is 0 Å². The zero-order valence-electron chi connectivity index (χ0n) is 15.1. The Kier molecular flexibility index (Phi) is 7.48. The van der Waals surface area contributed by atoms with Gasteiger partial charge in [-0.25, -0.2) is 8.42 Å². The minimum Gasteiger partial charge on any atom is -0.351 e. The fourth-order valence-electron chi connectivity index (χ4n) is 2.67. The van der Waals surface area contributed by atoms with Crippen molar-refractivity contribution in [2.24, 2.45) is 0 Å². The number of hydrogen-bond acceptors (Lipinski definition) is 4. The van der Waals surface area contributed by atoms with Crippen LogP contribution in [0, 0.1) is 0 Å². The van der Waals surface area contributed by atoms with Crippen LogP contribution < -0.4 is 10.0 Å². The van der Waals surface area contributed by atoms with Gasteiger partial charge in [-0.2, -0.15) is 4.72 Å². The molecule has 0 fully saturated rings. The normalized spacial score (nSPS) is 12.5. The van der Waals surface area contributed by atoms with Crippen LogP contribution in [-0.4, -0.2) is 20.4 Å². The summed E-state index contributed by atoms with van der Waals surface area (Å²) in [6.07, 6.45) is 0.223. The van der Waals surface area contributed by atoms with Gasteiger partial charge in [0, 0.05) is 11.6 Å². The Hall–Kier alpha value is -1.71. The number of halogens is 2. The second kappa shape index (κ2) is 9.86. The zero-order chi connectivity index (χ0) is 20.9. The van der Waals surface area contributed by atoms with Crippen molar-refractivity contribution in [1.82, 2.24) is 10.0 Å². The van der Waals surface area contributed by atoms with Crippen molar-refractivity contribution in [3.05, 3.63) is 86.7 Å². The number of carbonyl (C=O) groups is 1. The number of thiophene rings is 1. The van der Waals surface area contributed by atoms with E-state index in [2.05, 4.69) is 26.0 Å². The van der Waals surface area contributed by atoms with E-state index in [0.29, 0.717) is 8.81 Å². The molecule has 0 aliphatic heterocycles. The molecule has 0 saturated carbocycles. The molecule has 2 aromatic carbocycles. The van der Waals surface area contributed by atoms with Gasteiger partial charge in [-0.05, 0) is 51.7 Å². The van der Waals surface area contributed by atoms with Gasteiger partial charge >= 0.3 is 0 Å². The lowest BCUT2D eigenvalue weighted by Gasteiger charge is -2.18. The molecule has 1 aromatic heterocycles. The molecule has 29 heavy (non-hydrogen) atoms. The molecule has 1 atom stereocenters. The van der Waals surface area contributed by atoms with E-state index in [1.54, 1.807) is 18.2 Å². The summed E-state index contributed by atoms with van der Waals surface area (Å²) in [6.45, 7) is 0.204. The van der Waals surface area contributed by atoms with E-state index in [1.165, 1.54) is 6.07 Å². The third-order valence-electron chi connectivity index (χ3n) is 4.12. The average Bonchev–Trinajstić information content (AvgIpc) is 3.15. The molecule has 2 N–H and O–H groups in total. The number of hydrogen-bond donors (Lipinski definition) is 2. The van der Waals surface area contributed by atoms with E-state index < -0.39 is 22.0 Å². The predicted molar refractivity (Wildman–Crippen MR) is 120 cm³/mol. The topological polar surface area (TPSA) is 75.3 Å². The summed E-state index contributed by atoms with van der Waals surface area (Å²) in [4.78, 5) is 12.9. The molecule has 1 heterocycles. The first-order valence-electron chi connectivity index (χ1n) is 8.68. The summed E-state index contributed by atoms with van der Waals surface area (Å²) in [6, 6.07) is 18.6. The Bertz CT molecular complexity index is 1090. The Labute approximate surface area is 187 Å². The lowest BCUT2D eigenvalue weighted by Crippen LogP contribution is -2.47. The van der Waals surface area contributed by atoms with E-state index in [9.17, 15) is 13.2 Å². The summed E-state index contributed by atoms with van der Waals surface area (Å²) in [7, 11) is -3.84. The van der Waals surface area contributed by atoms with Crippen LogP contribution in [0.5, 0.6) is 0 Å². The quantitative estimate of drug-likeness (QED) is 0.470. The second-order valence-electron chi connectivity index (χ2n) is 6.23. The molecule has 9 heteroatoms. The molecule has 0 aliphatic rings. The molecule has 0 spiro atoms. The minimum atomic E-state index is -3.84. The number of nitrogens with one attached hydrogen (secondary N) is 2. The molecular formula is C20H18BrClN2O3S2. The summed E-state index contributed by atoms with van der Waals surface area (Å²) in [5.74, 6) is -0.423. The maximum Gasteiger partial charge on any atom is 0.250 e. The standard InChI is InChI=1S/C20H18BrClN2O3S2/c21-18-10-11-19(28-18)29(26,27)24-17(12-14-6-2-1-3-7-14)20(25)23-13-15-8-4-5-9-16(15)22/h1-11,17,24H,12-13H2,(H,23,25). The highest BCUT2D eigenvalue weighted by Crippen LogP contribution is 2.26. The summed E-state index contributed by atoms with van der Waals surface area (Å²) in [5, 5.41) is 3.32. The highest BCUT2D eigenvalue weighted by molar-refractivity contribution is 9.11. The van der Waals surface area contributed by atoms with Crippen LogP contribution in [0.4, 0.5) is 0 Å². The Balaban J connectivity index is 1.78. The van der Waals surface area contributed by atoms with E-state index in [0.717, 1.165) is 22.5 Å². The highest BCUT2D eigenvalue weighted by atomic mass is 79.9. The third-order valence-corrected chi connectivity index (χ3v) is 8.08. The van der Waals surface area contributed by atoms with Crippen LogP contribution in [0.1, 0.15) is 11.1 Å².